The van der Waals surface area contributed by atoms with E-state index in [1.807, 2.05) is 12.1 Å². The molecule has 1 aromatic heterocycles. The lowest BCUT2D eigenvalue weighted by Gasteiger charge is -1.97. The van der Waals surface area contributed by atoms with Crippen molar-refractivity contribution < 1.29 is 0 Å². The lowest BCUT2D eigenvalue weighted by Crippen LogP contribution is -1.79. The van der Waals surface area contributed by atoms with E-state index >= 15 is 0 Å². The summed E-state index contributed by atoms with van der Waals surface area (Å²) in [6.45, 7) is 0. The molecule has 1 rings (SSSR count). The van der Waals surface area contributed by atoms with Gasteiger partial charge in [-0.25, -0.2) is 4.98 Å². The van der Waals surface area contributed by atoms with E-state index in [9.17, 15) is 0 Å². The normalized spacial score (nSPS) is 10.2. The fourth-order valence-corrected chi connectivity index (χ4v) is 1.31. The average molecular weight is 258 g/mol. The molecule has 0 N–H and O–H groups in total. The zero-order valence-electron chi connectivity index (χ0n) is 6.67. The lowest BCUT2D eigenvalue weighted by molar-refractivity contribution is 1.30. The second kappa shape index (κ2) is 5.00. The second-order valence-electron chi connectivity index (χ2n) is 2.29. The Bertz CT molecular complexity index is 368. The van der Waals surface area contributed by atoms with Crippen LogP contribution in [-0.4, -0.2) is 4.98 Å². The largest absolute Gasteiger partial charge is 0.243 e. The molecular weight excluding hydrogens is 251 g/mol. The molecule has 0 amide bonds. The molecule has 0 aliphatic carbocycles. The van der Waals surface area contributed by atoms with E-state index in [2.05, 4.69) is 20.9 Å². The van der Waals surface area contributed by atoms with Crippen molar-refractivity contribution in [1.29, 1.82) is 5.26 Å². The molecule has 1 heterocycles. The first kappa shape index (κ1) is 10.2. The first-order chi connectivity index (χ1) is 6.24. The van der Waals surface area contributed by atoms with E-state index in [1.54, 1.807) is 18.3 Å². The van der Waals surface area contributed by atoms with Crippen molar-refractivity contribution >= 4 is 33.6 Å². The third kappa shape index (κ3) is 3.17. The highest BCUT2D eigenvalue weighted by molar-refractivity contribution is 9.10. The molecule has 4 heteroatoms. The van der Waals surface area contributed by atoms with Crippen molar-refractivity contribution in [3.8, 4) is 6.07 Å². The minimum absolute atomic E-state index is 0.395. The van der Waals surface area contributed by atoms with Crippen LogP contribution in [0.25, 0.3) is 6.08 Å². The molecule has 1 aromatic rings. The Balaban J connectivity index is 2.88. The van der Waals surface area contributed by atoms with Crippen LogP contribution in [0.3, 0.4) is 0 Å². The maximum Gasteiger partial charge on any atom is 0.129 e. The Labute approximate surface area is 90.0 Å². The van der Waals surface area contributed by atoms with Crippen molar-refractivity contribution in [2.24, 2.45) is 0 Å². The summed E-state index contributed by atoms with van der Waals surface area (Å²) < 4.78 is 0.867. The summed E-state index contributed by atoms with van der Waals surface area (Å²) in [7, 11) is 0. The number of allylic oxidation sites excluding steroid dienone is 1. The van der Waals surface area contributed by atoms with Gasteiger partial charge in [0.15, 0.2) is 0 Å². The van der Waals surface area contributed by atoms with Crippen LogP contribution in [0, 0.1) is 11.3 Å². The molecule has 0 atom stereocenters. The SMILES string of the molecule is N#CCC=Cc1cc(Cl)ncc1Br. The van der Waals surface area contributed by atoms with Gasteiger partial charge in [-0.15, -0.1) is 0 Å². The molecule has 0 spiro atoms. The van der Waals surface area contributed by atoms with Crippen LogP contribution in [0.5, 0.6) is 0 Å². The van der Waals surface area contributed by atoms with E-state index in [4.69, 9.17) is 16.9 Å². The van der Waals surface area contributed by atoms with Crippen LogP contribution in [0.1, 0.15) is 12.0 Å². The average Bonchev–Trinajstić information content (AvgIpc) is 2.11. The molecule has 0 aromatic carbocycles. The molecule has 0 fully saturated rings. The van der Waals surface area contributed by atoms with Gasteiger partial charge in [-0.05, 0) is 27.6 Å². The molecule has 0 saturated heterocycles. The Morgan fingerprint density at radius 3 is 3.15 bits per heavy atom. The number of hydrogen-bond donors (Lipinski definition) is 0. The number of nitrogens with zero attached hydrogens (tertiary/aromatic N) is 2. The fourth-order valence-electron chi connectivity index (χ4n) is 0.794. The van der Waals surface area contributed by atoms with Crippen molar-refractivity contribution in [3.63, 3.8) is 0 Å². The predicted octanol–water partition coefficient (Wildman–Crippen LogP) is 3.42. The van der Waals surface area contributed by atoms with E-state index in [1.165, 1.54) is 0 Å². The summed E-state index contributed by atoms with van der Waals surface area (Å²) in [5.41, 5.74) is 0.926. The summed E-state index contributed by atoms with van der Waals surface area (Å²) in [4.78, 5) is 3.89. The quantitative estimate of drug-likeness (QED) is 0.761. The summed E-state index contributed by atoms with van der Waals surface area (Å²) in [5.74, 6) is 0. The van der Waals surface area contributed by atoms with Crippen LogP contribution in [-0.2, 0) is 0 Å². The first-order valence-corrected chi connectivity index (χ1v) is 4.75. The lowest BCUT2D eigenvalue weighted by atomic mass is 10.2. The highest BCUT2D eigenvalue weighted by Gasteiger charge is 1.97. The van der Waals surface area contributed by atoms with Gasteiger partial charge in [-0.2, -0.15) is 5.26 Å². The van der Waals surface area contributed by atoms with Gasteiger partial charge in [0, 0.05) is 10.7 Å². The molecule has 0 saturated carbocycles. The smallest absolute Gasteiger partial charge is 0.129 e. The minimum atomic E-state index is 0.395. The number of hydrogen-bond acceptors (Lipinski definition) is 2. The van der Waals surface area contributed by atoms with Gasteiger partial charge < -0.3 is 0 Å². The second-order valence-corrected chi connectivity index (χ2v) is 3.53. The van der Waals surface area contributed by atoms with Gasteiger partial charge in [-0.3, -0.25) is 0 Å². The summed E-state index contributed by atoms with van der Waals surface area (Å²) >= 11 is 9.03. The molecule has 0 aliphatic rings. The van der Waals surface area contributed by atoms with E-state index < -0.39 is 0 Å². The van der Waals surface area contributed by atoms with Gasteiger partial charge >= 0.3 is 0 Å². The first-order valence-electron chi connectivity index (χ1n) is 3.58. The van der Waals surface area contributed by atoms with Crippen LogP contribution in [0.15, 0.2) is 22.8 Å². The third-order valence-corrected chi connectivity index (χ3v) is 2.23. The van der Waals surface area contributed by atoms with Crippen LogP contribution in [0.2, 0.25) is 5.15 Å². The molecule has 13 heavy (non-hydrogen) atoms. The molecule has 2 nitrogen and oxygen atoms in total. The van der Waals surface area contributed by atoms with Crippen molar-refractivity contribution in [2.45, 2.75) is 6.42 Å². The van der Waals surface area contributed by atoms with E-state index in [0.29, 0.717) is 11.6 Å². The maximum atomic E-state index is 8.32. The topological polar surface area (TPSA) is 36.7 Å². The van der Waals surface area contributed by atoms with Crippen molar-refractivity contribution in [3.05, 3.63) is 33.5 Å². The highest BCUT2D eigenvalue weighted by Crippen LogP contribution is 2.19. The van der Waals surface area contributed by atoms with Gasteiger partial charge in [-0.1, -0.05) is 23.8 Å². The Kier molecular flexibility index (Phi) is 3.94. The van der Waals surface area contributed by atoms with Crippen molar-refractivity contribution in [1.82, 2.24) is 4.98 Å². The summed E-state index contributed by atoms with van der Waals surface area (Å²) in [6.07, 6.45) is 5.64. The Morgan fingerprint density at radius 1 is 1.69 bits per heavy atom. The van der Waals surface area contributed by atoms with E-state index in [0.717, 1.165) is 10.0 Å². The summed E-state index contributed by atoms with van der Waals surface area (Å²) in [5, 5.41) is 8.76. The Morgan fingerprint density at radius 2 is 2.46 bits per heavy atom. The molecule has 66 valence electrons. The predicted molar refractivity (Wildman–Crippen MR) is 56.2 cm³/mol. The highest BCUT2D eigenvalue weighted by atomic mass is 79.9. The zero-order chi connectivity index (χ0) is 9.68. The number of aromatic nitrogens is 1. The minimum Gasteiger partial charge on any atom is -0.243 e. The van der Waals surface area contributed by atoms with Gasteiger partial charge in [0.25, 0.3) is 0 Å². The van der Waals surface area contributed by atoms with Crippen molar-refractivity contribution in [2.75, 3.05) is 0 Å². The molecular formula is C9H6BrClN2. The van der Waals surface area contributed by atoms with Gasteiger partial charge in [0.1, 0.15) is 5.15 Å². The monoisotopic (exact) mass is 256 g/mol. The third-order valence-electron chi connectivity index (χ3n) is 1.36. The molecule has 0 aliphatic heterocycles. The number of rotatable bonds is 2. The number of halogens is 2. The van der Waals surface area contributed by atoms with Crippen LogP contribution < -0.4 is 0 Å². The molecule has 0 radical (unpaired) electrons. The number of pyridine rings is 1. The number of nitriles is 1. The Hall–Kier alpha value is -0.850. The van der Waals surface area contributed by atoms with E-state index in [-0.39, 0.29) is 0 Å². The zero-order valence-corrected chi connectivity index (χ0v) is 9.01. The molecule has 0 unspecified atom stereocenters. The van der Waals surface area contributed by atoms with Gasteiger partial charge in [0.05, 0.1) is 12.5 Å². The summed E-state index contributed by atoms with van der Waals surface area (Å²) in [6, 6.07) is 3.76. The fraction of sp³-hybridized carbons (Fsp3) is 0.111. The standard InChI is InChI=1S/C9H6BrClN2/c10-8-6-13-9(11)5-7(8)3-1-2-4-12/h1,3,5-6H,2H2. The van der Waals surface area contributed by atoms with Crippen LogP contribution in [0.4, 0.5) is 0 Å². The van der Waals surface area contributed by atoms with Gasteiger partial charge in [0.2, 0.25) is 0 Å². The van der Waals surface area contributed by atoms with Crippen LogP contribution >= 0.6 is 27.5 Å². The molecule has 0 bridgehead atoms. The maximum absolute atomic E-state index is 8.32.